The number of hydrogen-bond donors (Lipinski definition) is 0. The minimum absolute atomic E-state index is 0.0237. The van der Waals surface area contributed by atoms with Crippen LogP contribution in [0, 0.1) is 0 Å². The molecule has 0 spiro atoms. The van der Waals surface area contributed by atoms with E-state index in [4.69, 9.17) is 11.6 Å². The number of thioether (sulfide) groups is 1. The number of piperidine rings is 1. The Hall–Kier alpha value is -1.94. The number of carbonyl (C=O) groups excluding carboxylic acids is 1. The molecule has 1 unspecified atom stereocenters. The zero-order valence-corrected chi connectivity index (χ0v) is 16.4. The molecule has 0 aromatic heterocycles. The maximum Gasteiger partial charge on any atom is 0.446 e. The number of rotatable bonds is 1. The van der Waals surface area contributed by atoms with E-state index in [1.54, 1.807) is 28.0 Å². The summed E-state index contributed by atoms with van der Waals surface area (Å²) in [5, 5.41) is 0.480. The average molecular weight is 433 g/mol. The molecular formula is C17H16ClF3N4O2S. The molecule has 0 saturated carbocycles. The van der Waals surface area contributed by atoms with E-state index in [9.17, 15) is 18.0 Å². The number of hydrogen-bond acceptors (Lipinski definition) is 7. The van der Waals surface area contributed by atoms with Crippen LogP contribution in [-0.4, -0.2) is 54.0 Å². The van der Waals surface area contributed by atoms with Gasteiger partial charge in [0.25, 0.3) is 0 Å². The van der Waals surface area contributed by atoms with Crippen LogP contribution >= 0.6 is 23.4 Å². The quantitative estimate of drug-likeness (QED) is 0.630. The Balaban J connectivity index is 1.91. The van der Waals surface area contributed by atoms with E-state index in [0.717, 1.165) is 38.1 Å². The van der Waals surface area contributed by atoms with Gasteiger partial charge in [0.05, 0.1) is 12.8 Å². The Morgan fingerprint density at radius 1 is 1.25 bits per heavy atom. The molecular weight excluding hydrogens is 417 g/mol. The lowest BCUT2D eigenvalue weighted by Gasteiger charge is -2.39. The molecule has 4 rings (SSSR count). The highest BCUT2D eigenvalue weighted by molar-refractivity contribution is 8.15. The van der Waals surface area contributed by atoms with Gasteiger partial charge >= 0.3 is 17.8 Å². The highest BCUT2D eigenvalue weighted by atomic mass is 35.5. The zero-order chi connectivity index (χ0) is 20.1. The SMILES string of the molecule is COC(=O)C1(C(F)(F)F)N=C2Sc3cc(Cl)ccc3N2C(N2CCCCC2)=N1. The number of ether oxygens (including phenoxy) is 1. The van der Waals surface area contributed by atoms with Crippen LogP contribution in [0.3, 0.4) is 0 Å². The van der Waals surface area contributed by atoms with E-state index in [2.05, 4.69) is 14.7 Å². The number of anilines is 1. The summed E-state index contributed by atoms with van der Waals surface area (Å²) in [7, 11) is 0.898. The van der Waals surface area contributed by atoms with Gasteiger partial charge in [-0.15, -0.1) is 0 Å². The smallest absolute Gasteiger partial charge is 0.446 e. The molecule has 3 aliphatic heterocycles. The number of fused-ring (bicyclic) bond motifs is 3. The van der Waals surface area contributed by atoms with Gasteiger partial charge in [-0.3, -0.25) is 4.90 Å². The topological polar surface area (TPSA) is 57.5 Å². The van der Waals surface area contributed by atoms with Crippen molar-refractivity contribution >= 4 is 46.1 Å². The number of amidine groups is 1. The first kappa shape index (κ1) is 19.4. The lowest BCUT2D eigenvalue weighted by molar-refractivity contribution is -0.201. The summed E-state index contributed by atoms with van der Waals surface area (Å²) in [6, 6.07) is 5.03. The maximum absolute atomic E-state index is 14.0. The van der Waals surface area contributed by atoms with Crippen molar-refractivity contribution in [3.63, 3.8) is 0 Å². The van der Waals surface area contributed by atoms with E-state index in [1.807, 2.05) is 0 Å². The summed E-state index contributed by atoms with van der Waals surface area (Å²) >= 11 is 7.07. The van der Waals surface area contributed by atoms with Crippen molar-refractivity contribution in [3.8, 4) is 0 Å². The van der Waals surface area contributed by atoms with Crippen LogP contribution in [0.15, 0.2) is 33.1 Å². The Kier molecular flexibility index (Phi) is 4.73. The number of esters is 1. The highest BCUT2D eigenvalue weighted by Crippen LogP contribution is 2.48. The number of carbonyl (C=O) groups is 1. The van der Waals surface area contributed by atoms with Gasteiger partial charge < -0.3 is 9.64 Å². The lowest BCUT2D eigenvalue weighted by Crippen LogP contribution is -2.59. The van der Waals surface area contributed by atoms with Crippen molar-refractivity contribution in [3.05, 3.63) is 23.2 Å². The molecule has 1 saturated heterocycles. The first-order valence-electron chi connectivity index (χ1n) is 8.64. The monoisotopic (exact) mass is 432 g/mol. The summed E-state index contributed by atoms with van der Waals surface area (Å²) < 4.78 is 46.6. The van der Waals surface area contributed by atoms with Crippen LogP contribution in [0.2, 0.25) is 5.02 Å². The molecule has 1 fully saturated rings. The molecule has 0 amide bonds. The van der Waals surface area contributed by atoms with E-state index >= 15 is 0 Å². The van der Waals surface area contributed by atoms with Crippen molar-refractivity contribution < 1.29 is 22.7 Å². The number of aliphatic imine (C=N–C) groups is 2. The third-order valence-corrected chi connectivity index (χ3v) is 6.02. The van der Waals surface area contributed by atoms with Crippen molar-refractivity contribution in [1.29, 1.82) is 0 Å². The summed E-state index contributed by atoms with van der Waals surface area (Å²) in [6.45, 7) is 1.09. The fourth-order valence-corrected chi connectivity index (χ4v) is 4.74. The molecule has 1 aromatic carbocycles. The first-order chi connectivity index (χ1) is 13.3. The first-order valence-corrected chi connectivity index (χ1v) is 9.83. The molecule has 6 nitrogen and oxygen atoms in total. The second-order valence-corrected chi connectivity index (χ2v) is 8.01. The molecule has 3 aliphatic rings. The Morgan fingerprint density at radius 2 is 1.96 bits per heavy atom. The lowest BCUT2D eigenvalue weighted by atomic mass is 10.1. The zero-order valence-electron chi connectivity index (χ0n) is 14.8. The van der Waals surface area contributed by atoms with Gasteiger partial charge in [0.1, 0.15) is 0 Å². The fourth-order valence-electron chi connectivity index (χ4n) is 3.41. The number of guanidine groups is 1. The molecule has 28 heavy (non-hydrogen) atoms. The van der Waals surface area contributed by atoms with Gasteiger partial charge in [-0.05, 0) is 49.2 Å². The van der Waals surface area contributed by atoms with E-state index in [-0.39, 0.29) is 11.1 Å². The molecule has 0 N–H and O–H groups in total. The molecule has 3 heterocycles. The van der Waals surface area contributed by atoms with Crippen LogP contribution in [0.5, 0.6) is 0 Å². The third-order valence-electron chi connectivity index (χ3n) is 4.78. The highest BCUT2D eigenvalue weighted by Gasteiger charge is 2.66. The molecule has 0 bridgehead atoms. The van der Waals surface area contributed by atoms with E-state index < -0.39 is 17.8 Å². The second kappa shape index (κ2) is 6.84. The molecule has 1 atom stereocenters. The third kappa shape index (κ3) is 2.93. The number of benzene rings is 1. The van der Waals surface area contributed by atoms with Gasteiger partial charge in [0.2, 0.25) is 5.96 Å². The van der Waals surface area contributed by atoms with Gasteiger partial charge in [0, 0.05) is 23.0 Å². The second-order valence-electron chi connectivity index (χ2n) is 6.56. The standard InChI is InChI=1S/C17H16ClF3N4O2S/c1-27-13(26)16(17(19,20)21)22-14(24-7-3-2-4-8-24)25-11-6-5-10(18)9-12(11)28-15(25)23-16/h5-6,9H,2-4,7-8H2,1H3. The van der Waals surface area contributed by atoms with Gasteiger partial charge in [-0.2, -0.15) is 13.2 Å². The molecule has 0 aliphatic carbocycles. The van der Waals surface area contributed by atoms with Crippen LogP contribution in [-0.2, 0) is 9.53 Å². The van der Waals surface area contributed by atoms with Crippen LogP contribution in [0.4, 0.5) is 18.9 Å². The summed E-state index contributed by atoms with van der Waals surface area (Å²) in [6.07, 6.45) is -2.39. The summed E-state index contributed by atoms with van der Waals surface area (Å²) in [5.41, 5.74) is -2.68. The average Bonchev–Trinajstić information content (AvgIpc) is 3.03. The summed E-state index contributed by atoms with van der Waals surface area (Å²) in [5.74, 6) is -1.50. The summed E-state index contributed by atoms with van der Waals surface area (Å²) in [4.78, 5) is 23.9. The Bertz CT molecular complexity index is 886. The molecule has 150 valence electrons. The van der Waals surface area contributed by atoms with Gasteiger partial charge in [-0.1, -0.05) is 11.6 Å². The van der Waals surface area contributed by atoms with Gasteiger partial charge in [-0.25, -0.2) is 14.8 Å². The van der Waals surface area contributed by atoms with Gasteiger partial charge in [0.15, 0.2) is 5.17 Å². The van der Waals surface area contributed by atoms with E-state index in [0.29, 0.717) is 28.7 Å². The number of alkyl halides is 3. The normalized spacial score (nSPS) is 24.3. The fraction of sp³-hybridized carbons (Fsp3) is 0.471. The minimum atomic E-state index is -5.05. The molecule has 0 radical (unpaired) electrons. The Labute approximate surface area is 168 Å². The van der Waals surface area contributed by atoms with Crippen LogP contribution < -0.4 is 4.90 Å². The minimum Gasteiger partial charge on any atom is -0.465 e. The maximum atomic E-state index is 14.0. The van der Waals surface area contributed by atoms with Crippen LogP contribution in [0.25, 0.3) is 0 Å². The number of likely N-dealkylation sites (tertiary alicyclic amines) is 1. The molecule has 1 aromatic rings. The Morgan fingerprint density at radius 3 is 2.61 bits per heavy atom. The van der Waals surface area contributed by atoms with Crippen molar-refractivity contribution in [2.75, 3.05) is 25.1 Å². The largest absolute Gasteiger partial charge is 0.465 e. The predicted octanol–water partition coefficient (Wildman–Crippen LogP) is 3.90. The number of methoxy groups -OCH3 is 1. The number of halogens is 4. The predicted molar refractivity (Wildman–Crippen MR) is 101 cm³/mol. The van der Waals surface area contributed by atoms with Crippen molar-refractivity contribution in [2.24, 2.45) is 9.98 Å². The van der Waals surface area contributed by atoms with Crippen molar-refractivity contribution in [2.45, 2.75) is 36.0 Å². The number of nitrogens with zero attached hydrogens (tertiary/aromatic N) is 4. The van der Waals surface area contributed by atoms with Crippen LogP contribution in [0.1, 0.15) is 19.3 Å². The van der Waals surface area contributed by atoms with E-state index in [1.165, 1.54) is 0 Å². The molecule has 11 heteroatoms. The van der Waals surface area contributed by atoms with Crippen molar-refractivity contribution in [1.82, 2.24) is 4.90 Å².